The molecule has 2 N–H and O–H groups in total. The predicted molar refractivity (Wildman–Crippen MR) is 148 cm³/mol. The van der Waals surface area contributed by atoms with Crippen LogP contribution in [0.4, 0.5) is 5.69 Å². The molecule has 0 spiro atoms. The Bertz CT molecular complexity index is 1320. The molecular formula is C29H33ClN4O4. The molecule has 2 aliphatic heterocycles. The lowest BCUT2D eigenvalue weighted by Crippen LogP contribution is -2.51. The molecule has 1 fully saturated rings. The van der Waals surface area contributed by atoms with Gasteiger partial charge in [-0.2, -0.15) is 0 Å². The number of ether oxygens (including phenoxy) is 1. The highest BCUT2D eigenvalue weighted by molar-refractivity contribution is 6.30. The normalized spacial score (nSPS) is 19.7. The van der Waals surface area contributed by atoms with Gasteiger partial charge in [0.2, 0.25) is 11.8 Å². The van der Waals surface area contributed by atoms with Crippen molar-refractivity contribution in [1.29, 1.82) is 0 Å². The van der Waals surface area contributed by atoms with Gasteiger partial charge in [0.15, 0.2) is 0 Å². The lowest BCUT2D eigenvalue weighted by molar-refractivity contribution is -0.138. The molecule has 8 nitrogen and oxygen atoms in total. The number of nitrogens with one attached hydrogen (secondary N) is 1. The third kappa shape index (κ3) is 5.21. The highest BCUT2D eigenvalue weighted by Gasteiger charge is 2.47. The first-order valence-electron chi connectivity index (χ1n) is 13.1. The fourth-order valence-electron chi connectivity index (χ4n) is 5.70. The number of aliphatic hydroxyl groups excluding tert-OH is 1. The van der Waals surface area contributed by atoms with Gasteiger partial charge < -0.3 is 25.0 Å². The van der Waals surface area contributed by atoms with Gasteiger partial charge >= 0.3 is 0 Å². The second-order valence-electron chi connectivity index (χ2n) is 10.2. The molecule has 1 unspecified atom stereocenters. The number of amides is 2. The van der Waals surface area contributed by atoms with Gasteiger partial charge in [0.25, 0.3) is 0 Å². The summed E-state index contributed by atoms with van der Waals surface area (Å²) in [7, 11) is 2.00. The van der Waals surface area contributed by atoms with E-state index in [1.807, 2.05) is 36.2 Å². The largest absolute Gasteiger partial charge is 0.493 e. The van der Waals surface area contributed by atoms with Crippen molar-refractivity contribution in [2.45, 2.75) is 37.1 Å². The summed E-state index contributed by atoms with van der Waals surface area (Å²) in [6, 6.07) is 13.3. The first-order chi connectivity index (χ1) is 18.4. The number of pyridine rings is 1. The predicted octanol–water partition coefficient (Wildman–Crippen LogP) is 3.85. The maximum atomic E-state index is 14.2. The molecule has 38 heavy (non-hydrogen) atoms. The van der Waals surface area contributed by atoms with E-state index in [0.29, 0.717) is 60.7 Å². The van der Waals surface area contributed by atoms with Crippen molar-refractivity contribution in [2.24, 2.45) is 0 Å². The number of carbonyl (C=O) groups excluding carboxylic acids is 2. The second-order valence-corrected chi connectivity index (χ2v) is 10.6. The average molecular weight is 537 g/mol. The smallest absolute Gasteiger partial charge is 0.235 e. The van der Waals surface area contributed by atoms with Crippen molar-refractivity contribution in [2.75, 3.05) is 45.2 Å². The van der Waals surface area contributed by atoms with Gasteiger partial charge in [-0.25, -0.2) is 0 Å². The van der Waals surface area contributed by atoms with E-state index in [1.54, 1.807) is 30.6 Å². The van der Waals surface area contributed by atoms with Crippen LogP contribution in [0.2, 0.25) is 5.02 Å². The van der Waals surface area contributed by atoms with Crippen LogP contribution < -0.4 is 10.1 Å². The van der Waals surface area contributed by atoms with Crippen molar-refractivity contribution in [3.05, 3.63) is 65.4 Å². The molecule has 200 valence electrons. The summed E-state index contributed by atoms with van der Waals surface area (Å²) in [4.78, 5) is 36.3. The number of rotatable bonds is 7. The van der Waals surface area contributed by atoms with Crippen LogP contribution in [0.5, 0.6) is 5.75 Å². The van der Waals surface area contributed by atoms with Crippen LogP contribution in [0.3, 0.4) is 0 Å². The van der Waals surface area contributed by atoms with Gasteiger partial charge in [-0.05, 0) is 38.1 Å². The molecule has 3 aromatic rings. The zero-order valence-electron chi connectivity index (χ0n) is 21.5. The molecule has 0 aliphatic carbocycles. The van der Waals surface area contributed by atoms with E-state index in [4.69, 9.17) is 16.3 Å². The summed E-state index contributed by atoms with van der Waals surface area (Å²) in [6.45, 7) is 2.27. The minimum atomic E-state index is -1.14. The molecule has 1 aromatic heterocycles. The average Bonchev–Trinajstić information content (AvgIpc) is 2.93. The number of likely N-dealkylation sites (tertiary alicyclic amines) is 1. The van der Waals surface area contributed by atoms with E-state index in [2.05, 4.69) is 15.2 Å². The summed E-state index contributed by atoms with van der Waals surface area (Å²) >= 11 is 6.39. The number of hydrogen-bond acceptors (Lipinski definition) is 6. The minimum absolute atomic E-state index is 0.0187. The fraction of sp³-hybridized carbons (Fsp3) is 0.414. The Kier molecular flexibility index (Phi) is 7.83. The van der Waals surface area contributed by atoms with Crippen molar-refractivity contribution in [3.63, 3.8) is 0 Å². The SMILES string of the molecule is CN(CCO)C1CCN(C(=O)CC2(C(=O)Nc3cncc4ccccc34)CCOc3ccc(Cl)cc32)CC1. The Morgan fingerprint density at radius 2 is 2.00 bits per heavy atom. The first kappa shape index (κ1) is 26.4. The summed E-state index contributed by atoms with van der Waals surface area (Å²) < 4.78 is 5.89. The number of nitrogens with zero attached hydrogens (tertiary/aromatic N) is 3. The molecular weight excluding hydrogens is 504 g/mol. The van der Waals surface area contributed by atoms with Gasteiger partial charge in [0.05, 0.1) is 30.5 Å². The highest BCUT2D eigenvalue weighted by Crippen LogP contribution is 2.44. The van der Waals surface area contributed by atoms with Crippen LogP contribution >= 0.6 is 11.6 Å². The second kappa shape index (κ2) is 11.3. The van der Waals surface area contributed by atoms with Gasteiger partial charge in [-0.1, -0.05) is 35.9 Å². The van der Waals surface area contributed by atoms with Crippen LogP contribution in [0.1, 0.15) is 31.2 Å². The van der Waals surface area contributed by atoms with Gasteiger partial charge in [0, 0.05) is 66.1 Å². The molecule has 2 aliphatic rings. The Hall–Kier alpha value is -3.20. The van der Waals surface area contributed by atoms with Crippen LogP contribution in [-0.4, -0.2) is 77.6 Å². The number of piperidine rings is 1. The van der Waals surface area contributed by atoms with Crippen molar-refractivity contribution >= 4 is 39.9 Å². The van der Waals surface area contributed by atoms with Crippen LogP contribution in [0.15, 0.2) is 54.9 Å². The van der Waals surface area contributed by atoms with E-state index in [0.717, 1.165) is 23.6 Å². The molecule has 2 aromatic carbocycles. The van der Waals surface area contributed by atoms with Crippen LogP contribution in [-0.2, 0) is 15.0 Å². The molecule has 0 bridgehead atoms. The van der Waals surface area contributed by atoms with Gasteiger partial charge in [0.1, 0.15) is 5.75 Å². The number of benzene rings is 2. The number of aromatic nitrogens is 1. The Labute approximate surface area is 227 Å². The van der Waals surface area contributed by atoms with E-state index < -0.39 is 5.41 Å². The minimum Gasteiger partial charge on any atom is -0.493 e. The maximum Gasteiger partial charge on any atom is 0.235 e. The zero-order chi connectivity index (χ0) is 26.7. The lowest BCUT2D eigenvalue weighted by Gasteiger charge is -2.40. The van der Waals surface area contributed by atoms with E-state index in [1.165, 1.54) is 0 Å². The molecule has 9 heteroatoms. The number of fused-ring (bicyclic) bond motifs is 2. The Balaban J connectivity index is 1.44. The number of carbonyl (C=O) groups is 2. The maximum absolute atomic E-state index is 14.2. The molecule has 1 atom stereocenters. The summed E-state index contributed by atoms with van der Waals surface area (Å²) in [5, 5.41) is 14.6. The number of halogens is 1. The third-order valence-electron chi connectivity index (χ3n) is 7.94. The fourth-order valence-corrected chi connectivity index (χ4v) is 5.87. The van der Waals surface area contributed by atoms with Crippen LogP contribution in [0, 0.1) is 0 Å². The van der Waals surface area contributed by atoms with Crippen molar-refractivity contribution in [3.8, 4) is 5.75 Å². The van der Waals surface area contributed by atoms with E-state index in [9.17, 15) is 14.7 Å². The Morgan fingerprint density at radius 3 is 2.79 bits per heavy atom. The van der Waals surface area contributed by atoms with Crippen molar-refractivity contribution < 1.29 is 19.4 Å². The first-order valence-corrected chi connectivity index (χ1v) is 13.4. The number of anilines is 1. The molecule has 3 heterocycles. The topological polar surface area (TPSA) is 95.0 Å². The monoisotopic (exact) mass is 536 g/mol. The molecule has 1 saturated heterocycles. The van der Waals surface area contributed by atoms with Crippen molar-refractivity contribution in [1.82, 2.24) is 14.8 Å². The summed E-state index contributed by atoms with van der Waals surface area (Å²) in [5.74, 6) is 0.240. The lowest BCUT2D eigenvalue weighted by atomic mass is 9.72. The number of likely N-dealkylation sites (N-methyl/N-ethyl adjacent to an activating group) is 1. The van der Waals surface area contributed by atoms with Gasteiger partial charge in [-0.3, -0.25) is 14.6 Å². The Morgan fingerprint density at radius 1 is 1.21 bits per heavy atom. The number of hydrogen-bond donors (Lipinski definition) is 2. The van der Waals surface area contributed by atoms with Gasteiger partial charge in [-0.15, -0.1) is 0 Å². The zero-order valence-corrected chi connectivity index (χ0v) is 22.3. The quantitative estimate of drug-likeness (QED) is 0.476. The van der Waals surface area contributed by atoms with E-state index >= 15 is 0 Å². The highest BCUT2D eigenvalue weighted by atomic mass is 35.5. The van der Waals surface area contributed by atoms with Crippen LogP contribution in [0.25, 0.3) is 10.8 Å². The molecule has 0 radical (unpaired) electrons. The molecule has 2 amide bonds. The van der Waals surface area contributed by atoms with E-state index in [-0.39, 0.29) is 24.8 Å². The standard InChI is InChI=1S/C29H33ClN4O4/c1-33(13-14-35)22-8-11-34(12-9-22)27(36)17-29(10-15-38-26-7-6-21(30)16-24(26)29)28(37)32-25-19-31-18-20-4-2-3-5-23(20)25/h2-7,16,18-19,22,35H,8-15,17H2,1H3,(H,32,37). The molecule has 0 saturated carbocycles. The number of aliphatic hydroxyl groups is 1. The molecule has 5 rings (SSSR count). The summed E-state index contributed by atoms with van der Waals surface area (Å²) in [5.41, 5.74) is 0.0902. The summed E-state index contributed by atoms with van der Waals surface area (Å²) in [6.07, 6.45) is 5.43. The third-order valence-corrected chi connectivity index (χ3v) is 8.18.